The lowest BCUT2D eigenvalue weighted by molar-refractivity contribution is -0.155. The van der Waals surface area contributed by atoms with Gasteiger partial charge in [-0.3, -0.25) is 9.59 Å². The Bertz CT molecular complexity index is 726. The summed E-state index contributed by atoms with van der Waals surface area (Å²) in [5.74, 6) is -0.630. The third-order valence-corrected chi connectivity index (χ3v) is 4.68. The zero-order chi connectivity index (χ0) is 17.6. The van der Waals surface area contributed by atoms with Crippen molar-refractivity contribution in [3.8, 4) is 0 Å². The smallest absolute Gasteiger partial charge is 0.309 e. The van der Waals surface area contributed by atoms with Gasteiger partial charge in [0.25, 0.3) is 5.91 Å². The van der Waals surface area contributed by atoms with Gasteiger partial charge < -0.3 is 10.1 Å². The number of ether oxygens (including phenoxy) is 1. The summed E-state index contributed by atoms with van der Waals surface area (Å²) < 4.78 is 5.13. The molecule has 1 N–H and O–H groups in total. The fraction of sp³-hybridized carbons (Fsp3) is 0.300. The molecule has 0 bridgehead atoms. The van der Waals surface area contributed by atoms with Crippen molar-refractivity contribution < 1.29 is 14.3 Å². The van der Waals surface area contributed by atoms with Crippen LogP contribution >= 0.6 is 11.6 Å². The van der Waals surface area contributed by atoms with Crippen molar-refractivity contribution in [1.82, 2.24) is 5.32 Å². The zero-order valence-corrected chi connectivity index (χ0v) is 14.5. The number of hydrogen-bond donors (Lipinski definition) is 1. The van der Waals surface area contributed by atoms with Crippen LogP contribution in [0.5, 0.6) is 0 Å². The van der Waals surface area contributed by atoms with Crippen LogP contribution in [-0.2, 0) is 14.3 Å². The van der Waals surface area contributed by atoms with Gasteiger partial charge in [-0.05, 0) is 36.1 Å². The first-order valence-corrected chi connectivity index (χ1v) is 8.77. The van der Waals surface area contributed by atoms with Crippen LogP contribution in [0.3, 0.4) is 0 Å². The number of carbonyl (C=O) groups excluding carboxylic acids is 2. The van der Waals surface area contributed by atoms with E-state index in [4.69, 9.17) is 16.3 Å². The molecule has 1 aliphatic rings. The molecular weight excluding hydrogens is 338 g/mol. The van der Waals surface area contributed by atoms with Crippen LogP contribution in [-0.4, -0.2) is 18.5 Å². The molecule has 0 saturated heterocycles. The maximum atomic E-state index is 12.3. The molecule has 0 spiro atoms. The standard InChI is InChI=1S/C20H20ClNO3/c21-17-11-9-15(10-12-17)19(14-5-2-1-3-6-14)22-18(23)13-25-20(24)16-7-4-8-16/h1-3,5-6,9-12,16,19H,4,7-8,13H2,(H,22,23). The van der Waals surface area contributed by atoms with Gasteiger partial charge in [-0.1, -0.05) is 60.5 Å². The molecule has 5 heteroatoms. The minimum absolute atomic E-state index is 0.0333. The first kappa shape index (κ1) is 17.5. The topological polar surface area (TPSA) is 55.4 Å². The fourth-order valence-electron chi connectivity index (χ4n) is 2.76. The van der Waals surface area contributed by atoms with Gasteiger partial charge in [0.05, 0.1) is 12.0 Å². The summed E-state index contributed by atoms with van der Waals surface area (Å²) in [5, 5.41) is 3.58. The van der Waals surface area contributed by atoms with Gasteiger partial charge >= 0.3 is 5.97 Å². The van der Waals surface area contributed by atoms with E-state index in [1.807, 2.05) is 42.5 Å². The zero-order valence-electron chi connectivity index (χ0n) is 13.8. The van der Waals surface area contributed by atoms with Crippen molar-refractivity contribution >= 4 is 23.5 Å². The van der Waals surface area contributed by atoms with E-state index in [0.29, 0.717) is 5.02 Å². The average Bonchev–Trinajstić information content (AvgIpc) is 2.58. The van der Waals surface area contributed by atoms with Crippen LogP contribution in [0.4, 0.5) is 0 Å². The maximum absolute atomic E-state index is 12.3. The van der Waals surface area contributed by atoms with Gasteiger partial charge in [0.1, 0.15) is 0 Å². The molecule has 3 rings (SSSR count). The molecular formula is C20H20ClNO3. The van der Waals surface area contributed by atoms with Gasteiger partial charge in [-0.2, -0.15) is 0 Å². The third-order valence-electron chi connectivity index (χ3n) is 4.43. The second kappa shape index (κ2) is 8.17. The van der Waals surface area contributed by atoms with Crippen molar-refractivity contribution in [1.29, 1.82) is 0 Å². The molecule has 1 fully saturated rings. The highest BCUT2D eigenvalue weighted by Gasteiger charge is 2.27. The van der Waals surface area contributed by atoms with Crippen molar-refractivity contribution in [2.75, 3.05) is 6.61 Å². The van der Waals surface area contributed by atoms with Crippen molar-refractivity contribution in [3.63, 3.8) is 0 Å². The van der Waals surface area contributed by atoms with Crippen LogP contribution in [0, 0.1) is 5.92 Å². The molecule has 0 aliphatic heterocycles. The van der Waals surface area contributed by atoms with Crippen molar-refractivity contribution in [2.45, 2.75) is 25.3 Å². The summed E-state index contributed by atoms with van der Waals surface area (Å²) in [6.07, 6.45) is 2.77. The van der Waals surface area contributed by atoms with Crippen LogP contribution in [0.1, 0.15) is 36.4 Å². The number of hydrogen-bond acceptors (Lipinski definition) is 3. The number of halogens is 1. The van der Waals surface area contributed by atoms with Gasteiger partial charge in [0, 0.05) is 5.02 Å². The summed E-state index contributed by atoms with van der Waals surface area (Å²) >= 11 is 5.96. The average molecular weight is 358 g/mol. The SMILES string of the molecule is O=C(COC(=O)C1CCC1)NC(c1ccccc1)c1ccc(Cl)cc1. The molecule has 1 unspecified atom stereocenters. The van der Waals surface area contributed by atoms with E-state index in [1.165, 1.54) is 0 Å². The van der Waals surface area contributed by atoms with Crippen LogP contribution < -0.4 is 5.32 Å². The Morgan fingerprint density at radius 1 is 1.04 bits per heavy atom. The highest BCUT2D eigenvalue weighted by molar-refractivity contribution is 6.30. The molecule has 0 aromatic heterocycles. The third kappa shape index (κ3) is 4.60. The quantitative estimate of drug-likeness (QED) is 0.798. The number of esters is 1. The molecule has 1 aliphatic carbocycles. The van der Waals surface area contributed by atoms with E-state index in [1.54, 1.807) is 12.1 Å². The number of rotatable bonds is 6. The molecule has 0 heterocycles. The summed E-state index contributed by atoms with van der Waals surface area (Å²) in [6.45, 7) is -0.258. The van der Waals surface area contributed by atoms with Gasteiger partial charge in [0.15, 0.2) is 6.61 Å². The second-order valence-electron chi connectivity index (χ2n) is 6.20. The normalized spacial score (nSPS) is 15.1. The number of amides is 1. The maximum Gasteiger partial charge on any atom is 0.309 e. The lowest BCUT2D eigenvalue weighted by Gasteiger charge is -2.23. The molecule has 0 radical (unpaired) electrons. The van der Waals surface area contributed by atoms with Gasteiger partial charge in [-0.15, -0.1) is 0 Å². The molecule has 1 amide bonds. The predicted octanol–water partition coefficient (Wildman–Crippen LogP) is 3.89. The summed E-state index contributed by atoms with van der Waals surface area (Å²) in [5.41, 5.74) is 1.86. The lowest BCUT2D eigenvalue weighted by atomic mass is 9.86. The van der Waals surface area contributed by atoms with Crippen molar-refractivity contribution in [3.05, 3.63) is 70.7 Å². The van der Waals surface area contributed by atoms with Crippen molar-refractivity contribution in [2.24, 2.45) is 5.92 Å². The van der Waals surface area contributed by atoms with E-state index < -0.39 is 0 Å². The van der Waals surface area contributed by atoms with Gasteiger partial charge in [0.2, 0.25) is 0 Å². The molecule has 2 aromatic carbocycles. The van der Waals surface area contributed by atoms with E-state index >= 15 is 0 Å². The van der Waals surface area contributed by atoms with E-state index in [0.717, 1.165) is 30.4 Å². The molecule has 2 aromatic rings. The summed E-state index contributed by atoms with van der Waals surface area (Å²) in [7, 11) is 0. The number of nitrogens with one attached hydrogen (secondary N) is 1. The minimum Gasteiger partial charge on any atom is -0.455 e. The Hall–Kier alpha value is -2.33. The minimum atomic E-state index is -0.326. The largest absolute Gasteiger partial charge is 0.455 e. The predicted molar refractivity (Wildman–Crippen MR) is 96.2 cm³/mol. The summed E-state index contributed by atoms with van der Waals surface area (Å²) in [4.78, 5) is 24.1. The highest BCUT2D eigenvalue weighted by atomic mass is 35.5. The molecule has 130 valence electrons. The fourth-order valence-corrected chi connectivity index (χ4v) is 2.89. The highest BCUT2D eigenvalue weighted by Crippen LogP contribution is 2.27. The molecule has 4 nitrogen and oxygen atoms in total. The molecule has 25 heavy (non-hydrogen) atoms. The molecule has 1 atom stereocenters. The van der Waals surface area contributed by atoms with Gasteiger partial charge in [-0.25, -0.2) is 0 Å². The number of benzene rings is 2. The Balaban J connectivity index is 1.67. The first-order chi connectivity index (χ1) is 12.1. The monoisotopic (exact) mass is 357 g/mol. The second-order valence-corrected chi connectivity index (χ2v) is 6.63. The van der Waals surface area contributed by atoms with E-state index in [9.17, 15) is 9.59 Å². The van der Waals surface area contributed by atoms with Crippen LogP contribution in [0.25, 0.3) is 0 Å². The Morgan fingerprint density at radius 2 is 1.68 bits per heavy atom. The number of carbonyl (C=O) groups is 2. The Kier molecular flexibility index (Phi) is 5.71. The van der Waals surface area contributed by atoms with Crippen LogP contribution in [0.2, 0.25) is 5.02 Å². The van der Waals surface area contributed by atoms with E-state index in [2.05, 4.69) is 5.32 Å². The lowest BCUT2D eigenvalue weighted by Crippen LogP contribution is -2.34. The summed E-state index contributed by atoms with van der Waals surface area (Å²) in [6, 6.07) is 16.6. The first-order valence-electron chi connectivity index (χ1n) is 8.40. The molecule has 1 saturated carbocycles. The van der Waals surface area contributed by atoms with Crippen LogP contribution in [0.15, 0.2) is 54.6 Å². The Morgan fingerprint density at radius 3 is 2.28 bits per heavy atom. The Labute approximate surface area is 152 Å². The van der Waals surface area contributed by atoms with E-state index in [-0.39, 0.29) is 30.4 Å².